The molecule has 0 aromatic carbocycles. The van der Waals surface area contributed by atoms with E-state index in [1.807, 2.05) is 12.1 Å². The van der Waals surface area contributed by atoms with Crippen LogP contribution < -0.4 is 16.0 Å². The van der Waals surface area contributed by atoms with Crippen molar-refractivity contribution in [2.24, 2.45) is 5.73 Å². The van der Waals surface area contributed by atoms with Crippen molar-refractivity contribution < 1.29 is 4.79 Å². The zero-order valence-corrected chi connectivity index (χ0v) is 12.8. The molecule has 1 unspecified atom stereocenters. The predicted molar refractivity (Wildman–Crippen MR) is 83.4 cm³/mol. The van der Waals surface area contributed by atoms with Crippen molar-refractivity contribution in [2.45, 2.75) is 43.7 Å². The van der Waals surface area contributed by atoms with Gasteiger partial charge < -0.3 is 16.0 Å². The molecule has 1 saturated carbocycles. The third-order valence-electron chi connectivity index (χ3n) is 4.51. The Kier molecular flexibility index (Phi) is 4.04. The molecule has 21 heavy (non-hydrogen) atoms. The number of hydrogen-bond donors (Lipinski definition) is 2. The van der Waals surface area contributed by atoms with Crippen LogP contribution in [0.15, 0.2) is 18.3 Å². The van der Waals surface area contributed by atoms with Crippen LogP contribution in [0.2, 0.25) is 5.02 Å². The van der Waals surface area contributed by atoms with Crippen LogP contribution in [0.25, 0.3) is 0 Å². The van der Waals surface area contributed by atoms with E-state index in [0.717, 1.165) is 51.0 Å². The average Bonchev–Trinajstić information content (AvgIpc) is 3.09. The van der Waals surface area contributed by atoms with Crippen molar-refractivity contribution >= 4 is 23.3 Å². The van der Waals surface area contributed by atoms with Gasteiger partial charge in [0.15, 0.2) is 0 Å². The van der Waals surface area contributed by atoms with Gasteiger partial charge in [0.2, 0.25) is 5.91 Å². The van der Waals surface area contributed by atoms with Crippen molar-refractivity contribution in [1.29, 1.82) is 0 Å². The quantitative estimate of drug-likeness (QED) is 0.891. The zero-order chi connectivity index (χ0) is 14.9. The van der Waals surface area contributed by atoms with Crippen molar-refractivity contribution in [3.05, 3.63) is 23.4 Å². The number of carbonyl (C=O) groups excluding carboxylic acids is 1. The van der Waals surface area contributed by atoms with Gasteiger partial charge in [-0.25, -0.2) is 4.98 Å². The van der Waals surface area contributed by atoms with Crippen molar-refractivity contribution in [3.63, 3.8) is 0 Å². The van der Waals surface area contributed by atoms with Crippen LogP contribution in [-0.4, -0.2) is 35.6 Å². The minimum absolute atomic E-state index is 0.000956. The first-order valence-electron chi connectivity index (χ1n) is 7.54. The summed E-state index contributed by atoms with van der Waals surface area (Å²) in [5, 5.41) is 3.75. The number of amides is 1. The number of anilines is 1. The van der Waals surface area contributed by atoms with E-state index in [9.17, 15) is 4.79 Å². The maximum atomic E-state index is 12.3. The Balaban J connectivity index is 1.60. The summed E-state index contributed by atoms with van der Waals surface area (Å²) in [4.78, 5) is 18.8. The van der Waals surface area contributed by atoms with Crippen molar-refractivity contribution in [2.75, 3.05) is 18.0 Å². The third kappa shape index (κ3) is 2.99. The Morgan fingerprint density at radius 2 is 2.24 bits per heavy atom. The number of pyridine rings is 1. The summed E-state index contributed by atoms with van der Waals surface area (Å²) >= 11 is 6.17. The summed E-state index contributed by atoms with van der Waals surface area (Å²) in [6.45, 7) is 1.58. The molecule has 5 nitrogen and oxygen atoms in total. The average molecular weight is 309 g/mol. The number of nitrogens with one attached hydrogen (secondary N) is 1. The van der Waals surface area contributed by atoms with Gasteiger partial charge in [-0.15, -0.1) is 0 Å². The zero-order valence-electron chi connectivity index (χ0n) is 12.0. The normalized spacial score (nSPS) is 24.3. The van der Waals surface area contributed by atoms with Crippen LogP contribution in [0, 0.1) is 0 Å². The molecular formula is C15H21ClN4O. The molecule has 2 fully saturated rings. The molecule has 3 N–H and O–H groups in total. The Hall–Kier alpha value is -1.33. The maximum absolute atomic E-state index is 12.3. The highest BCUT2D eigenvalue weighted by Gasteiger charge is 2.38. The molecule has 1 saturated heterocycles. The number of rotatable bonds is 3. The van der Waals surface area contributed by atoms with Crippen LogP contribution in [-0.2, 0) is 4.79 Å². The minimum atomic E-state index is -0.657. The van der Waals surface area contributed by atoms with E-state index in [-0.39, 0.29) is 11.9 Å². The smallest absolute Gasteiger partial charge is 0.240 e. The van der Waals surface area contributed by atoms with Crippen LogP contribution in [0.1, 0.15) is 32.1 Å². The second-order valence-electron chi connectivity index (χ2n) is 6.08. The molecule has 1 atom stereocenters. The Morgan fingerprint density at radius 3 is 2.95 bits per heavy atom. The van der Waals surface area contributed by atoms with Crippen LogP contribution in [0.4, 0.5) is 5.82 Å². The third-order valence-corrected chi connectivity index (χ3v) is 4.81. The molecule has 2 aliphatic rings. The van der Waals surface area contributed by atoms with Gasteiger partial charge in [-0.3, -0.25) is 4.79 Å². The van der Waals surface area contributed by atoms with Gasteiger partial charge in [0.05, 0.1) is 10.6 Å². The van der Waals surface area contributed by atoms with E-state index < -0.39 is 5.54 Å². The van der Waals surface area contributed by atoms with Gasteiger partial charge in [-0.1, -0.05) is 24.4 Å². The lowest BCUT2D eigenvalue weighted by molar-refractivity contribution is -0.126. The predicted octanol–water partition coefficient (Wildman–Crippen LogP) is 1.70. The molecule has 2 heterocycles. The summed E-state index contributed by atoms with van der Waals surface area (Å²) in [6.07, 6.45) is 6.31. The van der Waals surface area contributed by atoms with Gasteiger partial charge in [-0.05, 0) is 31.4 Å². The van der Waals surface area contributed by atoms with E-state index in [4.69, 9.17) is 17.3 Å². The number of hydrogen-bond acceptors (Lipinski definition) is 4. The summed E-state index contributed by atoms with van der Waals surface area (Å²) < 4.78 is 0. The maximum Gasteiger partial charge on any atom is 0.240 e. The first-order chi connectivity index (χ1) is 10.1. The molecule has 1 amide bonds. The van der Waals surface area contributed by atoms with E-state index >= 15 is 0 Å². The molecule has 1 aromatic rings. The molecule has 114 valence electrons. The summed E-state index contributed by atoms with van der Waals surface area (Å²) in [6, 6.07) is 3.78. The molecule has 1 aliphatic heterocycles. The summed E-state index contributed by atoms with van der Waals surface area (Å²) in [5.74, 6) is 0.790. The molecule has 3 rings (SSSR count). The van der Waals surface area contributed by atoms with Gasteiger partial charge >= 0.3 is 0 Å². The summed E-state index contributed by atoms with van der Waals surface area (Å²) in [5.41, 5.74) is 5.53. The van der Waals surface area contributed by atoms with E-state index in [1.54, 1.807) is 6.20 Å². The fourth-order valence-corrected chi connectivity index (χ4v) is 3.48. The molecule has 6 heteroatoms. The van der Waals surface area contributed by atoms with Gasteiger partial charge in [0.1, 0.15) is 5.82 Å². The second kappa shape index (κ2) is 5.81. The van der Waals surface area contributed by atoms with Crippen LogP contribution >= 0.6 is 11.6 Å². The highest BCUT2D eigenvalue weighted by atomic mass is 35.5. The van der Waals surface area contributed by atoms with Crippen molar-refractivity contribution in [1.82, 2.24) is 10.3 Å². The number of nitrogens with zero attached hydrogens (tertiary/aromatic N) is 2. The highest BCUT2D eigenvalue weighted by Crippen LogP contribution is 2.29. The van der Waals surface area contributed by atoms with Crippen LogP contribution in [0.5, 0.6) is 0 Å². The lowest BCUT2D eigenvalue weighted by Crippen LogP contribution is -2.54. The molecule has 1 aromatic heterocycles. The Morgan fingerprint density at radius 1 is 1.48 bits per heavy atom. The largest absolute Gasteiger partial charge is 0.353 e. The SMILES string of the molecule is NC1(C(=O)NC2CCN(c3ncccc3Cl)C2)CCCC1. The van der Waals surface area contributed by atoms with Crippen molar-refractivity contribution in [3.8, 4) is 0 Å². The van der Waals surface area contributed by atoms with E-state index in [0.29, 0.717) is 5.02 Å². The number of halogens is 1. The monoisotopic (exact) mass is 308 g/mol. The number of aromatic nitrogens is 1. The molecule has 0 bridgehead atoms. The Bertz CT molecular complexity index is 530. The lowest BCUT2D eigenvalue weighted by atomic mass is 9.97. The van der Waals surface area contributed by atoms with E-state index in [1.165, 1.54) is 0 Å². The van der Waals surface area contributed by atoms with Gasteiger partial charge in [0, 0.05) is 25.3 Å². The standard InChI is InChI=1S/C15H21ClN4O/c16-12-4-3-8-18-13(12)20-9-5-11(10-20)19-14(21)15(17)6-1-2-7-15/h3-4,8,11H,1-2,5-7,9-10,17H2,(H,19,21). The van der Waals surface area contributed by atoms with Gasteiger partial charge in [-0.2, -0.15) is 0 Å². The topological polar surface area (TPSA) is 71.2 Å². The minimum Gasteiger partial charge on any atom is -0.353 e. The molecular weight excluding hydrogens is 288 g/mol. The fourth-order valence-electron chi connectivity index (χ4n) is 3.24. The van der Waals surface area contributed by atoms with Gasteiger partial charge in [0.25, 0.3) is 0 Å². The van der Waals surface area contributed by atoms with E-state index in [2.05, 4.69) is 15.2 Å². The molecule has 0 radical (unpaired) electrons. The first kappa shape index (κ1) is 14.6. The lowest BCUT2D eigenvalue weighted by Gasteiger charge is -2.25. The Labute approximate surface area is 129 Å². The number of nitrogens with two attached hydrogens (primary N) is 1. The molecule has 0 spiro atoms. The van der Waals surface area contributed by atoms with Crippen LogP contribution in [0.3, 0.4) is 0 Å². The fraction of sp³-hybridized carbons (Fsp3) is 0.600. The summed E-state index contributed by atoms with van der Waals surface area (Å²) in [7, 11) is 0. The second-order valence-corrected chi connectivity index (χ2v) is 6.48. The first-order valence-corrected chi connectivity index (χ1v) is 7.92. The number of carbonyl (C=O) groups is 1. The molecule has 1 aliphatic carbocycles. The highest BCUT2D eigenvalue weighted by molar-refractivity contribution is 6.32.